The maximum absolute atomic E-state index is 13.4. The lowest BCUT2D eigenvalue weighted by Crippen LogP contribution is -2.49. The summed E-state index contributed by atoms with van der Waals surface area (Å²) in [6.45, 7) is 4.73. The molecule has 3 fully saturated rings. The van der Waals surface area contributed by atoms with Crippen LogP contribution in [0.3, 0.4) is 0 Å². The number of aliphatic carboxylic acids is 1. The van der Waals surface area contributed by atoms with Crippen LogP contribution in [0.15, 0.2) is 48.5 Å². The molecule has 2 aromatic carbocycles. The summed E-state index contributed by atoms with van der Waals surface area (Å²) in [4.78, 5) is 30.3. The minimum Gasteiger partial charge on any atom is -0.481 e. The van der Waals surface area contributed by atoms with Crippen LogP contribution in [0, 0.1) is 5.92 Å². The van der Waals surface area contributed by atoms with Crippen molar-refractivity contribution in [2.75, 3.05) is 29.4 Å². The number of hydrogen-bond donors (Lipinski definition) is 1. The molecule has 2 amide bonds. The molecule has 1 aliphatic carbocycles. The van der Waals surface area contributed by atoms with E-state index in [1.165, 1.54) is 37.7 Å². The van der Waals surface area contributed by atoms with E-state index < -0.39 is 5.97 Å². The predicted molar refractivity (Wildman–Crippen MR) is 130 cm³/mol. The molecule has 174 valence electrons. The normalized spacial score (nSPS) is 22.6. The van der Waals surface area contributed by atoms with Crippen molar-refractivity contribution in [2.45, 2.75) is 57.5 Å². The summed E-state index contributed by atoms with van der Waals surface area (Å²) in [5, 5.41) is 9.04. The molecule has 1 saturated carbocycles. The standard InChI is InChI=1S/C27H33N3O3/c1-19-15-29(25-9-5-8-22(14-25)21-6-3-2-4-7-21)27(33)30(19)24-12-10-20(11-13-24)16-28-17-23(18-28)26(31)32/h5,8-14,19,21,23H,2-4,6-7,15-18H2,1H3,(H,31,32). The second kappa shape index (κ2) is 9.18. The monoisotopic (exact) mass is 447 g/mol. The van der Waals surface area contributed by atoms with Crippen LogP contribution in [0.1, 0.15) is 56.1 Å². The van der Waals surface area contributed by atoms with E-state index in [0.29, 0.717) is 25.6 Å². The third kappa shape index (κ3) is 4.49. The number of urea groups is 1. The number of nitrogens with zero attached hydrogens (tertiary/aromatic N) is 3. The Balaban J connectivity index is 1.26. The van der Waals surface area contributed by atoms with Crippen LogP contribution in [-0.2, 0) is 11.3 Å². The Labute approximate surface area is 195 Å². The molecule has 0 aromatic heterocycles. The van der Waals surface area contributed by atoms with Crippen molar-refractivity contribution in [3.63, 3.8) is 0 Å². The van der Waals surface area contributed by atoms with E-state index in [1.807, 2.05) is 21.9 Å². The fourth-order valence-electron chi connectivity index (χ4n) is 5.58. The molecule has 1 unspecified atom stereocenters. The second-order valence-corrected chi connectivity index (χ2v) is 9.94. The molecule has 2 heterocycles. The smallest absolute Gasteiger partial charge is 0.329 e. The highest BCUT2D eigenvalue weighted by molar-refractivity contribution is 6.06. The Bertz CT molecular complexity index is 1010. The van der Waals surface area contributed by atoms with Gasteiger partial charge in [-0.3, -0.25) is 19.5 Å². The Morgan fingerprint density at radius 3 is 2.39 bits per heavy atom. The van der Waals surface area contributed by atoms with Crippen LogP contribution < -0.4 is 9.80 Å². The zero-order valence-electron chi connectivity index (χ0n) is 19.3. The molecule has 1 N–H and O–H groups in total. The minimum absolute atomic E-state index is 0.0306. The molecule has 0 radical (unpaired) electrons. The van der Waals surface area contributed by atoms with Crippen LogP contribution in [0.4, 0.5) is 16.2 Å². The van der Waals surface area contributed by atoms with Gasteiger partial charge in [0.25, 0.3) is 0 Å². The van der Waals surface area contributed by atoms with Gasteiger partial charge in [0.2, 0.25) is 0 Å². The van der Waals surface area contributed by atoms with Gasteiger partial charge < -0.3 is 5.11 Å². The number of likely N-dealkylation sites (tertiary alicyclic amines) is 1. The lowest BCUT2D eigenvalue weighted by molar-refractivity contribution is -0.147. The van der Waals surface area contributed by atoms with Crippen molar-refractivity contribution in [3.8, 4) is 0 Å². The number of anilines is 2. The first-order valence-electron chi connectivity index (χ1n) is 12.2. The van der Waals surface area contributed by atoms with Crippen molar-refractivity contribution >= 4 is 23.4 Å². The summed E-state index contributed by atoms with van der Waals surface area (Å²) < 4.78 is 0. The van der Waals surface area contributed by atoms with Crippen molar-refractivity contribution in [1.29, 1.82) is 0 Å². The SMILES string of the molecule is CC1CN(c2cccc(C3CCCCC3)c2)C(=O)N1c1ccc(CN2CC(C(=O)O)C2)cc1. The number of benzene rings is 2. The van der Waals surface area contributed by atoms with Crippen molar-refractivity contribution in [3.05, 3.63) is 59.7 Å². The lowest BCUT2D eigenvalue weighted by Gasteiger charge is -2.36. The van der Waals surface area contributed by atoms with Gasteiger partial charge in [0.1, 0.15) is 0 Å². The molecular formula is C27H33N3O3. The summed E-state index contributed by atoms with van der Waals surface area (Å²) >= 11 is 0. The summed E-state index contributed by atoms with van der Waals surface area (Å²) in [5.41, 5.74) is 4.42. The molecule has 2 aliphatic heterocycles. The lowest BCUT2D eigenvalue weighted by atomic mass is 9.84. The maximum Gasteiger partial charge on any atom is 0.329 e. The Kier molecular flexibility index (Phi) is 6.11. The number of carbonyl (C=O) groups excluding carboxylic acids is 1. The first-order chi connectivity index (χ1) is 16.0. The topological polar surface area (TPSA) is 64.1 Å². The molecule has 6 nitrogen and oxygen atoms in total. The highest BCUT2D eigenvalue weighted by Crippen LogP contribution is 2.36. The predicted octanol–water partition coefficient (Wildman–Crippen LogP) is 5.09. The number of hydrogen-bond acceptors (Lipinski definition) is 3. The molecule has 0 spiro atoms. The van der Waals surface area contributed by atoms with Crippen LogP contribution in [-0.4, -0.2) is 47.7 Å². The van der Waals surface area contributed by atoms with Gasteiger partial charge in [0.15, 0.2) is 0 Å². The zero-order chi connectivity index (χ0) is 22.9. The quantitative estimate of drug-likeness (QED) is 0.670. The van der Waals surface area contributed by atoms with E-state index in [1.54, 1.807) is 0 Å². The van der Waals surface area contributed by atoms with Gasteiger partial charge in [0.05, 0.1) is 12.0 Å². The van der Waals surface area contributed by atoms with Gasteiger partial charge >= 0.3 is 12.0 Å². The van der Waals surface area contributed by atoms with E-state index in [2.05, 4.69) is 48.2 Å². The summed E-state index contributed by atoms with van der Waals surface area (Å²) in [6, 6.07) is 16.9. The van der Waals surface area contributed by atoms with Crippen LogP contribution in [0.2, 0.25) is 0 Å². The number of carbonyl (C=O) groups is 2. The summed E-state index contributed by atoms with van der Waals surface area (Å²) in [5.74, 6) is -0.332. The third-order valence-electron chi connectivity index (χ3n) is 7.51. The zero-order valence-corrected chi connectivity index (χ0v) is 19.3. The van der Waals surface area contributed by atoms with Crippen molar-refractivity contribution in [2.24, 2.45) is 5.92 Å². The second-order valence-electron chi connectivity index (χ2n) is 9.94. The number of carboxylic acids is 1. The Hall–Kier alpha value is -2.86. The van der Waals surface area contributed by atoms with Gasteiger partial charge in [-0.25, -0.2) is 4.79 Å². The van der Waals surface area contributed by atoms with Gasteiger partial charge in [-0.05, 0) is 61.1 Å². The number of carboxylic acid groups (broad SMARTS) is 1. The molecule has 3 aliphatic rings. The molecule has 33 heavy (non-hydrogen) atoms. The van der Waals surface area contributed by atoms with Crippen LogP contribution in [0.5, 0.6) is 0 Å². The number of rotatable bonds is 6. The first kappa shape index (κ1) is 22.0. The molecule has 2 saturated heterocycles. The molecule has 0 bridgehead atoms. The van der Waals surface area contributed by atoms with E-state index in [4.69, 9.17) is 5.11 Å². The average molecular weight is 448 g/mol. The van der Waals surface area contributed by atoms with Gasteiger partial charge in [-0.15, -0.1) is 0 Å². The largest absolute Gasteiger partial charge is 0.481 e. The van der Waals surface area contributed by atoms with Crippen LogP contribution in [0.25, 0.3) is 0 Å². The van der Waals surface area contributed by atoms with E-state index in [-0.39, 0.29) is 18.0 Å². The summed E-state index contributed by atoms with van der Waals surface area (Å²) in [6.07, 6.45) is 6.45. The van der Waals surface area contributed by atoms with Gasteiger partial charge in [-0.1, -0.05) is 43.5 Å². The number of amides is 2. The van der Waals surface area contributed by atoms with E-state index in [9.17, 15) is 9.59 Å². The highest BCUT2D eigenvalue weighted by atomic mass is 16.4. The first-order valence-corrected chi connectivity index (χ1v) is 12.2. The maximum atomic E-state index is 13.4. The third-order valence-corrected chi connectivity index (χ3v) is 7.51. The van der Waals surface area contributed by atoms with Crippen molar-refractivity contribution < 1.29 is 14.7 Å². The van der Waals surface area contributed by atoms with Crippen LogP contribution >= 0.6 is 0 Å². The molecule has 5 rings (SSSR count). The summed E-state index contributed by atoms with van der Waals surface area (Å²) in [7, 11) is 0. The molecule has 2 aromatic rings. The molecule has 1 atom stereocenters. The van der Waals surface area contributed by atoms with E-state index >= 15 is 0 Å². The Morgan fingerprint density at radius 1 is 0.970 bits per heavy atom. The minimum atomic E-state index is -0.711. The fraction of sp³-hybridized carbons (Fsp3) is 0.481. The highest BCUT2D eigenvalue weighted by Gasteiger charge is 2.37. The average Bonchev–Trinajstić information content (AvgIpc) is 3.10. The molecular weight excluding hydrogens is 414 g/mol. The fourth-order valence-corrected chi connectivity index (χ4v) is 5.58. The van der Waals surface area contributed by atoms with Crippen molar-refractivity contribution in [1.82, 2.24) is 4.90 Å². The molecule has 6 heteroatoms. The van der Waals surface area contributed by atoms with Gasteiger partial charge in [-0.2, -0.15) is 0 Å². The van der Waals surface area contributed by atoms with Gasteiger partial charge in [0, 0.05) is 37.6 Å². The Morgan fingerprint density at radius 2 is 1.70 bits per heavy atom. The van der Waals surface area contributed by atoms with E-state index in [0.717, 1.165) is 23.5 Å².